The van der Waals surface area contributed by atoms with Crippen molar-refractivity contribution >= 4 is 12.6 Å². The van der Waals surface area contributed by atoms with Crippen LogP contribution >= 0.6 is 12.6 Å². The van der Waals surface area contributed by atoms with Crippen LogP contribution < -0.4 is 0 Å². The minimum Gasteiger partial charge on any atom is -0.381 e. The van der Waals surface area contributed by atoms with Crippen LogP contribution in [0.25, 0.3) is 0 Å². The molecule has 0 bridgehead atoms. The largest absolute Gasteiger partial charge is 0.381 e. The molecule has 1 saturated heterocycles. The highest BCUT2D eigenvalue weighted by Crippen LogP contribution is 1.98. The summed E-state index contributed by atoms with van der Waals surface area (Å²) < 4.78 is 4.94. The van der Waals surface area contributed by atoms with Gasteiger partial charge in [0.2, 0.25) is 0 Å². The molecule has 8 heavy (non-hydrogen) atoms. The van der Waals surface area contributed by atoms with Crippen molar-refractivity contribution in [1.29, 1.82) is 0 Å². The van der Waals surface area contributed by atoms with E-state index in [-0.39, 0.29) is 0 Å². The van der Waals surface area contributed by atoms with Crippen molar-refractivity contribution in [3.8, 4) is 0 Å². The maximum atomic E-state index is 4.94. The van der Waals surface area contributed by atoms with Crippen molar-refractivity contribution in [2.45, 2.75) is 19.8 Å². The Labute approximate surface area is 56.8 Å². The van der Waals surface area contributed by atoms with Crippen LogP contribution in [0.3, 0.4) is 0 Å². The summed E-state index contributed by atoms with van der Waals surface area (Å²) in [6.07, 6.45) is 2.56. The number of ether oxygens (including phenoxy) is 1. The number of thiol groups is 1. The molecular weight excluding hydrogens is 120 g/mol. The summed E-state index contributed by atoms with van der Waals surface area (Å²) >= 11 is 3.79. The number of hydrogen-bond acceptors (Lipinski definition) is 2. The third-order valence-electron chi connectivity index (χ3n) is 0.827. The van der Waals surface area contributed by atoms with Gasteiger partial charge in [-0.15, -0.1) is 0 Å². The Kier molecular flexibility index (Phi) is 7.59. The second-order valence-electron chi connectivity index (χ2n) is 1.64. The Morgan fingerprint density at radius 1 is 1.38 bits per heavy atom. The van der Waals surface area contributed by atoms with Gasteiger partial charge in [0, 0.05) is 13.2 Å². The van der Waals surface area contributed by atoms with E-state index in [1.807, 2.05) is 6.92 Å². The summed E-state index contributed by atoms with van der Waals surface area (Å²) in [6.45, 7) is 3.99. The normalized spacial score (nSPS) is 17.2. The first-order chi connectivity index (χ1) is 3.91. The van der Waals surface area contributed by atoms with Crippen molar-refractivity contribution in [1.82, 2.24) is 0 Å². The number of hydrogen-bond donors (Lipinski definition) is 1. The smallest absolute Gasteiger partial charge is 0.0466 e. The lowest BCUT2D eigenvalue weighted by molar-refractivity contribution is 0.198. The van der Waals surface area contributed by atoms with Crippen LogP contribution in [-0.4, -0.2) is 19.0 Å². The molecule has 0 aromatic carbocycles. The van der Waals surface area contributed by atoms with Crippen LogP contribution in [-0.2, 0) is 4.74 Å². The Hall–Kier alpha value is 0.310. The summed E-state index contributed by atoms with van der Waals surface area (Å²) in [4.78, 5) is 0. The molecule has 0 aromatic heterocycles. The van der Waals surface area contributed by atoms with E-state index in [0.29, 0.717) is 0 Å². The van der Waals surface area contributed by atoms with Crippen LogP contribution in [0.15, 0.2) is 0 Å². The quantitative estimate of drug-likeness (QED) is 0.496. The van der Waals surface area contributed by atoms with Gasteiger partial charge < -0.3 is 4.74 Å². The Bertz CT molecular complexity index is 27.9. The van der Waals surface area contributed by atoms with Gasteiger partial charge in [-0.2, -0.15) is 12.6 Å². The second-order valence-corrected chi connectivity index (χ2v) is 2.27. The molecule has 50 valence electrons. The molecule has 1 aliphatic rings. The van der Waals surface area contributed by atoms with Gasteiger partial charge >= 0.3 is 0 Å². The van der Waals surface area contributed by atoms with Crippen molar-refractivity contribution in [3.05, 3.63) is 0 Å². The summed E-state index contributed by atoms with van der Waals surface area (Å²) in [6, 6.07) is 0. The van der Waals surface area contributed by atoms with Gasteiger partial charge in [0.15, 0.2) is 0 Å². The SMILES string of the molecule is C1CCOC1.CCS. The predicted molar refractivity (Wildman–Crippen MR) is 39.6 cm³/mol. The Morgan fingerprint density at radius 3 is 1.88 bits per heavy atom. The van der Waals surface area contributed by atoms with Crippen molar-refractivity contribution in [3.63, 3.8) is 0 Å². The molecule has 1 nitrogen and oxygen atoms in total. The van der Waals surface area contributed by atoms with Gasteiger partial charge in [0.1, 0.15) is 0 Å². The molecule has 0 amide bonds. The molecule has 1 rings (SSSR count). The fourth-order valence-electron chi connectivity index (χ4n) is 0.510. The third-order valence-corrected chi connectivity index (χ3v) is 0.827. The van der Waals surface area contributed by atoms with Gasteiger partial charge in [-0.25, -0.2) is 0 Å². The fourth-order valence-corrected chi connectivity index (χ4v) is 0.510. The highest BCUT2D eigenvalue weighted by molar-refractivity contribution is 7.80. The van der Waals surface area contributed by atoms with Crippen LogP contribution in [0.1, 0.15) is 19.8 Å². The highest BCUT2D eigenvalue weighted by Gasteiger charge is 1.94. The standard InChI is InChI=1S/C4H8O.C2H6S/c1-2-4-5-3-1;1-2-3/h1-4H2;3H,2H2,1H3. The van der Waals surface area contributed by atoms with E-state index in [9.17, 15) is 0 Å². The van der Waals surface area contributed by atoms with E-state index in [1.165, 1.54) is 12.8 Å². The predicted octanol–water partition coefficient (Wildman–Crippen LogP) is 1.73. The monoisotopic (exact) mass is 134 g/mol. The molecule has 0 aromatic rings. The van der Waals surface area contributed by atoms with E-state index in [2.05, 4.69) is 12.6 Å². The Morgan fingerprint density at radius 2 is 1.75 bits per heavy atom. The minimum absolute atomic E-state index is 0.944. The number of rotatable bonds is 0. The fraction of sp³-hybridized carbons (Fsp3) is 1.00. The maximum absolute atomic E-state index is 4.94. The van der Waals surface area contributed by atoms with Crippen LogP contribution in [0.2, 0.25) is 0 Å². The van der Waals surface area contributed by atoms with Crippen molar-refractivity contribution in [2.75, 3.05) is 19.0 Å². The second kappa shape index (κ2) is 7.31. The molecule has 0 saturated carbocycles. The topological polar surface area (TPSA) is 9.23 Å². The van der Waals surface area contributed by atoms with E-state index in [4.69, 9.17) is 4.74 Å². The van der Waals surface area contributed by atoms with Gasteiger partial charge in [0.25, 0.3) is 0 Å². The van der Waals surface area contributed by atoms with Crippen LogP contribution in [0.4, 0.5) is 0 Å². The molecular formula is C6H14OS. The highest BCUT2D eigenvalue weighted by atomic mass is 32.1. The molecule has 0 aliphatic carbocycles. The van der Waals surface area contributed by atoms with Gasteiger partial charge in [-0.1, -0.05) is 6.92 Å². The molecule has 1 fully saturated rings. The first-order valence-electron chi connectivity index (χ1n) is 3.10. The van der Waals surface area contributed by atoms with E-state index >= 15 is 0 Å². The summed E-state index contributed by atoms with van der Waals surface area (Å²) in [5, 5.41) is 0. The molecule has 0 atom stereocenters. The summed E-state index contributed by atoms with van der Waals surface area (Å²) in [5.41, 5.74) is 0. The molecule has 1 heterocycles. The summed E-state index contributed by atoms with van der Waals surface area (Å²) in [5.74, 6) is 0.944. The molecule has 0 radical (unpaired) electrons. The maximum Gasteiger partial charge on any atom is 0.0466 e. The van der Waals surface area contributed by atoms with Gasteiger partial charge in [0.05, 0.1) is 0 Å². The van der Waals surface area contributed by atoms with E-state index < -0.39 is 0 Å². The van der Waals surface area contributed by atoms with Gasteiger partial charge in [-0.05, 0) is 18.6 Å². The average Bonchev–Trinajstić information content (AvgIpc) is 2.17. The zero-order valence-corrected chi connectivity index (χ0v) is 6.29. The molecule has 2 heteroatoms. The van der Waals surface area contributed by atoms with E-state index in [1.54, 1.807) is 0 Å². The first kappa shape index (κ1) is 8.31. The minimum atomic E-state index is 0.944. The lowest BCUT2D eigenvalue weighted by Crippen LogP contribution is -1.74. The van der Waals surface area contributed by atoms with Crippen molar-refractivity contribution in [2.24, 2.45) is 0 Å². The zero-order valence-electron chi connectivity index (χ0n) is 5.39. The van der Waals surface area contributed by atoms with E-state index in [0.717, 1.165) is 19.0 Å². The lowest BCUT2D eigenvalue weighted by atomic mass is 10.4. The van der Waals surface area contributed by atoms with Crippen LogP contribution in [0, 0.1) is 0 Å². The lowest BCUT2D eigenvalue weighted by Gasteiger charge is -1.76. The Balaban J connectivity index is 0.000000145. The summed E-state index contributed by atoms with van der Waals surface area (Å²) in [7, 11) is 0. The molecule has 1 aliphatic heterocycles. The first-order valence-corrected chi connectivity index (χ1v) is 3.73. The third kappa shape index (κ3) is 6.31. The molecule has 0 unspecified atom stereocenters. The zero-order chi connectivity index (χ0) is 6.24. The van der Waals surface area contributed by atoms with Crippen molar-refractivity contribution < 1.29 is 4.74 Å². The van der Waals surface area contributed by atoms with Crippen LogP contribution in [0.5, 0.6) is 0 Å². The molecule has 0 N–H and O–H groups in total. The molecule has 0 spiro atoms. The average molecular weight is 134 g/mol. The van der Waals surface area contributed by atoms with Gasteiger partial charge in [-0.3, -0.25) is 0 Å².